The minimum atomic E-state index is -3.56. The molecule has 0 saturated carbocycles. The fourth-order valence-corrected chi connectivity index (χ4v) is 4.54. The van der Waals surface area contributed by atoms with Gasteiger partial charge in [-0.05, 0) is 49.9 Å². The second-order valence-electron chi connectivity index (χ2n) is 5.60. The van der Waals surface area contributed by atoms with Crippen molar-refractivity contribution >= 4 is 15.9 Å². The summed E-state index contributed by atoms with van der Waals surface area (Å²) >= 11 is 0. The molecule has 1 heterocycles. The number of hydrogen-bond acceptors (Lipinski definition) is 4. The Kier molecular flexibility index (Phi) is 4.77. The molecule has 2 N–H and O–H groups in total. The van der Waals surface area contributed by atoms with Gasteiger partial charge < -0.3 is 10.5 Å². The first kappa shape index (κ1) is 16.8. The topological polar surface area (TPSA) is 89.7 Å². The summed E-state index contributed by atoms with van der Waals surface area (Å²) in [6.45, 7) is 4.26. The molecule has 0 atom stereocenters. The molecule has 1 saturated heterocycles. The maximum absolute atomic E-state index is 12.8. The molecule has 1 aliphatic rings. The molecule has 0 spiro atoms. The van der Waals surface area contributed by atoms with E-state index < -0.39 is 10.0 Å². The maximum atomic E-state index is 12.8. The molecule has 1 aromatic rings. The minimum absolute atomic E-state index is 0.231. The number of ether oxygens (including phenoxy) is 1. The summed E-state index contributed by atoms with van der Waals surface area (Å²) in [7, 11) is -2.00. The first-order valence-electron chi connectivity index (χ1n) is 7.22. The second-order valence-corrected chi connectivity index (χ2v) is 7.50. The molecule has 7 heteroatoms. The zero-order chi connectivity index (χ0) is 16.5. The Hall–Kier alpha value is -1.60. The molecule has 2 rings (SSSR count). The van der Waals surface area contributed by atoms with Crippen LogP contribution in [0.3, 0.4) is 0 Å². The molecular weight excluding hydrogens is 304 g/mol. The van der Waals surface area contributed by atoms with Gasteiger partial charge in [0.1, 0.15) is 5.75 Å². The smallest absolute Gasteiger partial charge is 0.243 e. The standard InChI is InChI=1S/C15H22N2O4S/c1-10-11(2)14(5-4-13(10)21-3)22(19,20)17-8-6-12(7-9-17)15(16)18/h4-5,12H,6-9H2,1-3H3,(H2,16,18). The van der Waals surface area contributed by atoms with Crippen molar-refractivity contribution in [3.8, 4) is 5.75 Å². The van der Waals surface area contributed by atoms with Gasteiger partial charge >= 0.3 is 0 Å². The zero-order valence-electron chi connectivity index (χ0n) is 13.1. The Balaban J connectivity index is 2.29. The van der Waals surface area contributed by atoms with E-state index in [0.717, 1.165) is 5.56 Å². The number of rotatable bonds is 4. The van der Waals surface area contributed by atoms with Gasteiger partial charge in [0.15, 0.2) is 0 Å². The summed E-state index contributed by atoms with van der Waals surface area (Å²) in [5.41, 5.74) is 6.79. The van der Waals surface area contributed by atoms with Crippen molar-refractivity contribution in [3.63, 3.8) is 0 Å². The average Bonchev–Trinajstić information content (AvgIpc) is 2.49. The lowest BCUT2D eigenvalue weighted by atomic mass is 9.98. The first-order chi connectivity index (χ1) is 10.3. The molecule has 1 aliphatic heterocycles. The van der Waals surface area contributed by atoms with Gasteiger partial charge in [-0.2, -0.15) is 4.31 Å². The molecule has 1 fully saturated rings. The molecule has 122 valence electrons. The van der Waals surface area contributed by atoms with Gasteiger partial charge in [-0.3, -0.25) is 4.79 Å². The van der Waals surface area contributed by atoms with Gasteiger partial charge in [0, 0.05) is 19.0 Å². The van der Waals surface area contributed by atoms with Crippen LogP contribution >= 0.6 is 0 Å². The molecule has 0 aliphatic carbocycles. The number of nitrogens with two attached hydrogens (primary N) is 1. The van der Waals surface area contributed by atoms with Crippen LogP contribution in [-0.2, 0) is 14.8 Å². The van der Waals surface area contributed by atoms with Crippen molar-refractivity contribution in [3.05, 3.63) is 23.3 Å². The maximum Gasteiger partial charge on any atom is 0.243 e. The van der Waals surface area contributed by atoms with Crippen LogP contribution < -0.4 is 10.5 Å². The molecule has 0 unspecified atom stereocenters. The van der Waals surface area contributed by atoms with E-state index in [2.05, 4.69) is 0 Å². The number of benzene rings is 1. The van der Waals surface area contributed by atoms with Crippen LogP contribution in [0.2, 0.25) is 0 Å². The fraction of sp³-hybridized carbons (Fsp3) is 0.533. The molecule has 0 aromatic heterocycles. The summed E-state index contributed by atoms with van der Waals surface area (Å²) in [6, 6.07) is 3.25. The number of primary amides is 1. The second kappa shape index (κ2) is 6.26. The van der Waals surface area contributed by atoms with Crippen LogP contribution in [-0.4, -0.2) is 38.8 Å². The lowest BCUT2D eigenvalue weighted by Gasteiger charge is -2.30. The van der Waals surface area contributed by atoms with Crippen molar-refractivity contribution in [1.82, 2.24) is 4.31 Å². The van der Waals surface area contributed by atoms with Crippen LogP contribution in [0, 0.1) is 19.8 Å². The van der Waals surface area contributed by atoms with Gasteiger partial charge in [0.25, 0.3) is 0 Å². The van der Waals surface area contributed by atoms with Gasteiger partial charge in [0.2, 0.25) is 15.9 Å². The molecule has 1 amide bonds. The fourth-order valence-electron chi connectivity index (χ4n) is 2.79. The molecule has 1 aromatic carbocycles. The highest BCUT2D eigenvalue weighted by Crippen LogP contribution is 2.30. The largest absolute Gasteiger partial charge is 0.496 e. The predicted octanol–water partition coefficient (Wildman–Crippen LogP) is 1.20. The Bertz CT molecular complexity index is 677. The zero-order valence-corrected chi connectivity index (χ0v) is 13.9. The van der Waals surface area contributed by atoms with Crippen molar-refractivity contribution in [2.75, 3.05) is 20.2 Å². The lowest BCUT2D eigenvalue weighted by Crippen LogP contribution is -2.41. The third-order valence-corrected chi connectivity index (χ3v) is 6.42. The van der Waals surface area contributed by atoms with E-state index in [1.165, 1.54) is 4.31 Å². The number of amides is 1. The number of methoxy groups -OCH3 is 1. The molecule has 6 nitrogen and oxygen atoms in total. The van der Waals surface area contributed by atoms with Gasteiger partial charge in [-0.1, -0.05) is 0 Å². The Morgan fingerprint density at radius 2 is 1.82 bits per heavy atom. The monoisotopic (exact) mass is 326 g/mol. The normalized spacial score (nSPS) is 17.4. The summed E-state index contributed by atoms with van der Waals surface area (Å²) in [5, 5.41) is 0. The highest BCUT2D eigenvalue weighted by molar-refractivity contribution is 7.89. The van der Waals surface area contributed by atoms with Crippen LogP contribution in [0.5, 0.6) is 5.75 Å². The molecule has 0 bridgehead atoms. The van der Waals surface area contributed by atoms with E-state index in [-0.39, 0.29) is 11.8 Å². The summed E-state index contributed by atoms with van der Waals surface area (Å²) in [6.07, 6.45) is 0.950. The average molecular weight is 326 g/mol. The summed E-state index contributed by atoms with van der Waals surface area (Å²) in [4.78, 5) is 11.5. The number of sulfonamides is 1. The van der Waals surface area contributed by atoms with Gasteiger partial charge in [0.05, 0.1) is 12.0 Å². The molecular formula is C15H22N2O4S. The SMILES string of the molecule is COc1ccc(S(=O)(=O)N2CCC(C(N)=O)CC2)c(C)c1C. The number of carbonyl (C=O) groups is 1. The molecule has 22 heavy (non-hydrogen) atoms. The Morgan fingerprint density at radius 3 is 2.32 bits per heavy atom. The van der Waals surface area contributed by atoms with Crippen LogP contribution in [0.25, 0.3) is 0 Å². The van der Waals surface area contributed by atoms with Crippen molar-refractivity contribution in [2.24, 2.45) is 11.7 Å². The first-order valence-corrected chi connectivity index (χ1v) is 8.66. The van der Waals surface area contributed by atoms with Crippen LogP contribution in [0.15, 0.2) is 17.0 Å². The van der Waals surface area contributed by atoms with Gasteiger partial charge in [-0.15, -0.1) is 0 Å². The van der Waals surface area contributed by atoms with Crippen LogP contribution in [0.4, 0.5) is 0 Å². The Morgan fingerprint density at radius 1 is 1.23 bits per heavy atom. The van der Waals surface area contributed by atoms with E-state index >= 15 is 0 Å². The third kappa shape index (κ3) is 2.96. The highest BCUT2D eigenvalue weighted by Gasteiger charge is 2.32. The molecule has 0 radical (unpaired) electrons. The van der Waals surface area contributed by atoms with Crippen molar-refractivity contribution < 1.29 is 17.9 Å². The number of hydrogen-bond donors (Lipinski definition) is 1. The number of piperidine rings is 1. The highest BCUT2D eigenvalue weighted by atomic mass is 32.2. The summed E-state index contributed by atoms with van der Waals surface area (Å²) < 4.78 is 32.3. The lowest BCUT2D eigenvalue weighted by molar-refractivity contribution is -0.122. The van der Waals surface area contributed by atoms with E-state index in [4.69, 9.17) is 10.5 Å². The summed E-state index contributed by atoms with van der Waals surface area (Å²) in [5.74, 6) is 0.0857. The van der Waals surface area contributed by atoms with E-state index in [1.807, 2.05) is 6.92 Å². The third-order valence-electron chi connectivity index (χ3n) is 4.38. The van der Waals surface area contributed by atoms with E-state index in [9.17, 15) is 13.2 Å². The van der Waals surface area contributed by atoms with Gasteiger partial charge in [-0.25, -0.2) is 8.42 Å². The predicted molar refractivity (Wildman–Crippen MR) is 83.1 cm³/mol. The van der Waals surface area contributed by atoms with E-state index in [1.54, 1.807) is 26.2 Å². The quantitative estimate of drug-likeness (QED) is 0.900. The van der Waals surface area contributed by atoms with Crippen molar-refractivity contribution in [2.45, 2.75) is 31.6 Å². The van der Waals surface area contributed by atoms with E-state index in [0.29, 0.717) is 42.1 Å². The minimum Gasteiger partial charge on any atom is -0.496 e. The van der Waals surface area contributed by atoms with Crippen LogP contribution in [0.1, 0.15) is 24.0 Å². The van der Waals surface area contributed by atoms with Crippen molar-refractivity contribution in [1.29, 1.82) is 0 Å². The number of nitrogens with zero attached hydrogens (tertiary/aromatic N) is 1. The number of carbonyl (C=O) groups excluding carboxylic acids is 1. The Labute approximate surface area is 131 Å².